The summed E-state index contributed by atoms with van der Waals surface area (Å²) >= 11 is 0. The molecular weight excluding hydrogens is 921 g/mol. The molecular formula is C49H80N10O12. The van der Waals surface area contributed by atoms with E-state index in [-0.39, 0.29) is 61.9 Å². The third-order valence-electron chi connectivity index (χ3n) is 8.90. The van der Waals surface area contributed by atoms with Gasteiger partial charge >= 0.3 is 24.1 Å². The number of hydrogen-bond donors (Lipinski definition) is 9. The van der Waals surface area contributed by atoms with E-state index in [0.717, 1.165) is 11.1 Å². The Bertz CT molecular complexity index is 2080. The second-order valence-corrected chi connectivity index (χ2v) is 20.4. The minimum Gasteiger partial charge on any atom is -0.488 e. The predicted octanol–water partition coefficient (Wildman–Crippen LogP) is 3.93. The molecule has 0 aliphatic heterocycles. The van der Waals surface area contributed by atoms with Crippen molar-refractivity contribution in [1.82, 2.24) is 21.3 Å². The number of hydrogen-bond acceptors (Lipinski definition) is 13. The normalized spacial score (nSPS) is 13.1. The Kier molecular flexibility index (Phi) is 25.0. The monoisotopic (exact) mass is 1000 g/mol. The van der Waals surface area contributed by atoms with Gasteiger partial charge in [-0.1, -0.05) is 24.3 Å². The van der Waals surface area contributed by atoms with Crippen molar-refractivity contribution in [3.05, 3.63) is 59.7 Å². The number of nitrogens with zero attached hydrogens (tertiary/aromatic N) is 2. The summed E-state index contributed by atoms with van der Waals surface area (Å²) in [4.78, 5) is 82.7. The van der Waals surface area contributed by atoms with Crippen LogP contribution >= 0.6 is 0 Å². The number of carbonyl (C=O) groups excluding carboxylic acids is 5. The number of esters is 1. The van der Waals surface area contributed by atoms with Crippen LogP contribution in [0.4, 0.5) is 9.59 Å². The SMILES string of the molecule is CC(C)(C)OC(=O)NC(Cc1ccc(OC(C)(C)C)cc1)C(=O)NC(CCCN=C(N)N)C(=O)O.COC(=O)C(CCCN=C(N)N)NC(=O)C(Cc1ccc(OC(C)(C)C)cc1)NC(=O)OC(C)(C)C. The minimum absolute atomic E-state index is 0.0609. The van der Waals surface area contributed by atoms with E-state index in [4.69, 9.17) is 46.6 Å². The maximum Gasteiger partial charge on any atom is 0.408 e. The third-order valence-corrected chi connectivity index (χ3v) is 8.90. The maximum atomic E-state index is 13.2. The Hall–Kier alpha value is -7.00. The number of ether oxygens (including phenoxy) is 5. The van der Waals surface area contributed by atoms with Gasteiger partial charge in [-0.05, 0) is 144 Å². The fraction of sp³-hybridized carbons (Fsp3) is 0.592. The Balaban J connectivity index is 0.000000710. The molecule has 2 rings (SSSR count). The topological polar surface area (TPSA) is 346 Å². The van der Waals surface area contributed by atoms with E-state index in [0.29, 0.717) is 24.3 Å². The van der Waals surface area contributed by atoms with Crippen LogP contribution in [0.5, 0.6) is 11.5 Å². The molecule has 0 spiro atoms. The van der Waals surface area contributed by atoms with Crippen molar-refractivity contribution in [2.75, 3.05) is 20.2 Å². The number of aliphatic imine (C=N–C) groups is 2. The van der Waals surface area contributed by atoms with Crippen molar-refractivity contribution < 1.29 is 57.6 Å². The molecule has 2 aromatic rings. The molecule has 4 amide bonds. The van der Waals surface area contributed by atoms with Crippen molar-refractivity contribution in [2.24, 2.45) is 32.9 Å². The molecule has 22 heteroatoms. The molecule has 0 heterocycles. The smallest absolute Gasteiger partial charge is 0.408 e. The van der Waals surface area contributed by atoms with Gasteiger partial charge in [-0.2, -0.15) is 0 Å². The van der Waals surface area contributed by atoms with E-state index in [9.17, 15) is 33.9 Å². The highest BCUT2D eigenvalue weighted by atomic mass is 16.6. The highest BCUT2D eigenvalue weighted by Gasteiger charge is 2.31. The summed E-state index contributed by atoms with van der Waals surface area (Å²) in [5.41, 5.74) is 20.5. The number of carbonyl (C=O) groups is 6. The first-order valence-electron chi connectivity index (χ1n) is 23.2. The molecule has 0 saturated carbocycles. The van der Waals surface area contributed by atoms with Gasteiger partial charge in [0.1, 0.15) is 58.1 Å². The highest BCUT2D eigenvalue weighted by Crippen LogP contribution is 2.21. The summed E-state index contributed by atoms with van der Waals surface area (Å²) in [5, 5.41) is 19.8. The number of alkyl carbamates (subject to hydrolysis) is 2. The third kappa shape index (κ3) is 29.6. The van der Waals surface area contributed by atoms with Crippen molar-refractivity contribution in [2.45, 2.75) is 168 Å². The molecule has 0 radical (unpaired) electrons. The predicted molar refractivity (Wildman–Crippen MR) is 271 cm³/mol. The number of aliphatic carboxylic acids is 1. The second kappa shape index (κ2) is 28.6. The molecule has 0 aliphatic rings. The van der Waals surface area contributed by atoms with Gasteiger partial charge in [-0.15, -0.1) is 0 Å². The van der Waals surface area contributed by atoms with E-state index in [1.165, 1.54) is 7.11 Å². The number of amides is 4. The van der Waals surface area contributed by atoms with Crippen LogP contribution in [0, 0.1) is 0 Å². The summed E-state index contributed by atoms with van der Waals surface area (Å²) in [5.74, 6) is -1.85. The lowest BCUT2D eigenvalue weighted by Crippen LogP contribution is -2.53. The van der Waals surface area contributed by atoms with Gasteiger partial charge in [0.25, 0.3) is 0 Å². The van der Waals surface area contributed by atoms with E-state index >= 15 is 0 Å². The van der Waals surface area contributed by atoms with Gasteiger partial charge in [-0.3, -0.25) is 19.6 Å². The lowest BCUT2D eigenvalue weighted by Gasteiger charge is -2.25. The van der Waals surface area contributed by atoms with E-state index in [1.807, 2.05) is 53.7 Å². The van der Waals surface area contributed by atoms with Crippen molar-refractivity contribution in [3.63, 3.8) is 0 Å². The Morgan fingerprint density at radius 3 is 1.15 bits per heavy atom. The lowest BCUT2D eigenvalue weighted by atomic mass is 10.0. The van der Waals surface area contributed by atoms with Gasteiger partial charge in [0.05, 0.1) is 7.11 Å². The van der Waals surface area contributed by atoms with Crippen LogP contribution in [-0.2, 0) is 46.2 Å². The number of methoxy groups -OCH3 is 1. The molecule has 22 nitrogen and oxygen atoms in total. The van der Waals surface area contributed by atoms with Crippen LogP contribution in [0.25, 0.3) is 0 Å². The van der Waals surface area contributed by atoms with Crippen LogP contribution in [0.15, 0.2) is 58.5 Å². The molecule has 4 atom stereocenters. The quantitative estimate of drug-likeness (QED) is 0.0265. The zero-order valence-electron chi connectivity index (χ0n) is 43.7. The number of benzene rings is 2. The average molecular weight is 1000 g/mol. The largest absolute Gasteiger partial charge is 0.488 e. The Morgan fingerprint density at radius 1 is 0.521 bits per heavy atom. The molecule has 13 N–H and O–H groups in total. The molecule has 398 valence electrons. The first kappa shape index (κ1) is 62.0. The van der Waals surface area contributed by atoms with E-state index in [2.05, 4.69) is 31.3 Å². The van der Waals surface area contributed by atoms with Crippen LogP contribution in [-0.4, -0.2) is 120 Å². The molecule has 0 aliphatic carbocycles. The van der Waals surface area contributed by atoms with Gasteiger partial charge in [0, 0.05) is 25.9 Å². The first-order chi connectivity index (χ1) is 32.6. The summed E-state index contributed by atoms with van der Waals surface area (Å²) in [7, 11) is 1.23. The van der Waals surface area contributed by atoms with E-state index in [1.54, 1.807) is 77.9 Å². The van der Waals surface area contributed by atoms with E-state index < -0.39 is 71.3 Å². The van der Waals surface area contributed by atoms with Crippen molar-refractivity contribution in [1.29, 1.82) is 0 Å². The number of nitrogens with one attached hydrogen (secondary N) is 4. The fourth-order valence-corrected chi connectivity index (χ4v) is 6.08. The number of guanidine groups is 2. The first-order valence-corrected chi connectivity index (χ1v) is 23.2. The summed E-state index contributed by atoms with van der Waals surface area (Å²) < 4.78 is 27.1. The molecule has 4 unspecified atom stereocenters. The molecule has 2 aromatic carbocycles. The number of rotatable bonds is 22. The highest BCUT2D eigenvalue weighted by molar-refractivity contribution is 5.90. The second-order valence-electron chi connectivity index (χ2n) is 20.4. The van der Waals surface area contributed by atoms with Crippen LogP contribution < -0.4 is 53.7 Å². The van der Waals surface area contributed by atoms with Crippen LogP contribution in [0.3, 0.4) is 0 Å². The van der Waals surface area contributed by atoms with Gasteiger partial charge in [0.15, 0.2) is 11.9 Å². The number of carboxylic acid groups (broad SMARTS) is 1. The standard InChI is InChI=1S/C25H41N5O6.C24H39N5O6/c1-24(2,3)35-17-12-10-16(11-13-17)15-19(30-23(33)36-25(4,5)6)20(31)29-18(21(32)34-7)9-8-14-28-22(26)27;1-23(2,3)34-16-11-9-15(10-12-16)14-18(29-22(33)35-24(4,5)6)19(30)28-17(20(31)32)8-7-13-27-21(25)26/h10-13,18-19H,8-9,14-15H2,1-7H3,(H,29,31)(H,30,33)(H4,26,27,28);9-12,17-18H,7-8,13-14H2,1-6H3,(H,28,30)(H,29,33)(H,31,32)(H4,25,26,27). The Labute approximate surface area is 418 Å². The molecule has 0 saturated heterocycles. The zero-order chi connectivity index (χ0) is 54.3. The van der Waals surface area contributed by atoms with Crippen LogP contribution in [0.2, 0.25) is 0 Å². The van der Waals surface area contributed by atoms with Crippen molar-refractivity contribution in [3.8, 4) is 11.5 Å². The summed E-state index contributed by atoms with van der Waals surface area (Å²) in [6, 6.07) is 10.1. The molecule has 0 bridgehead atoms. The number of carboxylic acids is 1. The zero-order valence-corrected chi connectivity index (χ0v) is 43.7. The summed E-state index contributed by atoms with van der Waals surface area (Å²) in [6.07, 6.45) is -0.151. The summed E-state index contributed by atoms with van der Waals surface area (Å²) in [6.45, 7) is 22.4. The molecule has 0 fully saturated rings. The van der Waals surface area contributed by atoms with Crippen molar-refractivity contribution >= 4 is 47.9 Å². The molecule has 71 heavy (non-hydrogen) atoms. The van der Waals surface area contributed by atoms with Gasteiger partial charge in [-0.25, -0.2) is 19.2 Å². The fourth-order valence-electron chi connectivity index (χ4n) is 6.08. The van der Waals surface area contributed by atoms with Gasteiger partial charge < -0.3 is 73.0 Å². The average Bonchev–Trinajstić information content (AvgIpc) is 3.21. The lowest BCUT2D eigenvalue weighted by molar-refractivity contribution is -0.145. The maximum absolute atomic E-state index is 13.2. The minimum atomic E-state index is -1.21. The molecule has 0 aromatic heterocycles. The van der Waals surface area contributed by atoms with Crippen LogP contribution in [0.1, 0.15) is 120 Å². The Morgan fingerprint density at radius 2 is 0.859 bits per heavy atom. The number of nitrogens with two attached hydrogens (primary N) is 4. The van der Waals surface area contributed by atoms with Gasteiger partial charge in [0.2, 0.25) is 11.8 Å².